The number of benzene rings is 1. The summed E-state index contributed by atoms with van der Waals surface area (Å²) < 4.78 is 44.2. The third-order valence-electron chi connectivity index (χ3n) is 7.28. The largest absolute Gasteiger partial charge is 0.523 e. The number of fused-ring (bicyclic) bond motifs is 2. The minimum absolute atomic E-state index is 0.00757. The average Bonchev–Trinajstić information content (AvgIpc) is 2.60. The lowest BCUT2D eigenvalue weighted by molar-refractivity contribution is -0.354. The molecule has 3 aliphatic rings. The lowest BCUT2D eigenvalue weighted by atomic mass is 9.61. The molecular formula is C22H29F3O. The van der Waals surface area contributed by atoms with Crippen molar-refractivity contribution in [3.63, 3.8) is 0 Å². The number of rotatable bonds is 2. The molecule has 0 spiro atoms. The molecule has 0 amide bonds. The smallest absolute Gasteiger partial charge is 0.283 e. The Labute approximate surface area is 154 Å². The van der Waals surface area contributed by atoms with E-state index >= 15 is 0 Å². The Morgan fingerprint density at radius 1 is 0.885 bits per heavy atom. The number of halogens is 3. The normalized spacial score (nSPS) is 37.7. The fourth-order valence-corrected chi connectivity index (χ4v) is 6.07. The Morgan fingerprint density at radius 3 is 2.38 bits per heavy atom. The van der Waals surface area contributed by atoms with Crippen LogP contribution in [0.4, 0.5) is 13.2 Å². The summed E-state index contributed by atoms with van der Waals surface area (Å²) in [5.41, 5.74) is 1.79. The first-order valence-corrected chi connectivity index (χ1v) is 10.2. The molecule has 1 aromatic carbocycles. The van der Waals surface area contributed by atoms with Crippen LogP contribution < -0.4 is 0 Å². The van der Waals surface area contributed by atoms with Crippen molar-refractivity contribution in [2.45, 2.75) is 70.8 Å². The molecule has 0 N–H and O–H groups in total. The van der Waals surface area contributed by atoms with E-state index in [-0.39, 0.29) is 5.92 Å². The second-order valence-corrected chi connectivity index (χ2v) is 8.90. The highest BCUT2D eigenvalue weighted by molar-refractivity contribution is 5.32. The predicted molar refractivity (Wildman–Crippen MR) is 95.5 cm³/mol. The number of hydrogen-bond acceptors (Lipinski definition) is 1. The number of alkyl halides is 3. The van der Waals surface area contributed by atoms with Crippen LogP contribution in [0.3, 0.4) is 0 Å². The van der Waals surface area contributed by atoms with Gasteiger partial charge in [-0.25, -0.2) is 0 Å². The number of hydrogen-bond donors (Lipinski definition) is 0. The summed E-state index contributed by atoms with van der Waals surface area (Å²) in [5.74, 6) is 2.69. The Bertz CT molecular complexity index is 626. The molecule has 2 fully saturated rings. The molecule has 6 unspecified atom stereocenters. The van der Waals surface area contributed by atoms with E-state index in [9.17, 15) is 13.2 Å². The third kappa shape index (κ3) is 3.81. The maximum atomic E-state index is 13.2. The van der Waals surface area contributed by atoms with Crippen molar-refractivity contribution in [3.05, 3.63) is 35.4 Å². The molecule has 0 radical (unpaired) electrons. The molecule has 0 aromatic heterocycles. The van der Waals surface area contributed by atoms with Crippen molar-refractivity contribution < 1.29 is 17.9 Å². The molecule has 3 aliphatic carbocycles. The average molecular weight is 366 g/mol. The monoisotopic (exact) mass is 366 g/mol. The lowest BCUT2D eigenvalue weighted by Crippen LogP contribution is -2.38. The van der Waals surface area contributed by atoms with Crippen LogP contribution in [0, 0.1) is 29.6 Å². The Kier molecular flexibility index (Phi) is 5.06. The van der Waals surface area contributed by atoms with E-state index in [0.717, 1.165) is 48.6 Å². The van der Waals surface area contributed by atoms with E-state index in [2.05, 4.69) is 6.92 Å². The van der Waals surface area contributed by atoms with E-state index in [4.69, 9.17) is 4.74 Å². The van der Waals surface area contributed by atoms with Crippen molar-refractivity contribution in [1.82, 2.24) is 0 Å². The molecule has 2 saturated carbocycles. The van der Waals surface area contributed by atoms with Gasteiger partial charge in [0, 0.05) is 0 Å². The van der Waals surface area contributed by atoms with Gasteiger partial charge in [-0.15, -0.1) is 13.2 Å². The summed E-state index contributed by atoms with van der Waals surface area (Å²) in [6.07, 6.45) is 3.50. The third-order valence-corrected chi connectivity index (χ3v) is 7.28. The fraction of sp³-hybridized carbons (Fsp3) is 0.727. The molecule has 0 saturated heterocycles. The van der Waals surface area contributed by atoms with Gasteiger partial charge >= 0.3 is 6.36 Å². The first-order chi connectivity index (χ1) is 12.4. The standard InChI is InChI=1S/C22H29F3O/c1-14-6-7-17-13-18(9-8-16(17)12-14)20-11-10-15-4-2-3-5-19(15)21(20)26-22(23,24)25/h2-5,14,16-18,20-21H,6-13H2,1H3. The first kappa shape index (κ1) is 18.3. The first-order valence-electron chi connectivity index (χ1n) is 10.2. The van der Waals surface area contributed by atoms with Gasteiger partial charge in [-0.1, -0.05) is 37.6 Å². The van der Waals surface area contributed by atoms with E-state index in [1.54, 1.807) is 0 Å². The SMILES string of the molecule is CC1CCC2CC(C3CCc4ccccc4C3OC(F)(F)F)CCC2C1. The van der Waals surface area contributed by atoms with Crippen molar-refractivity contribution in [2.24, 2.45) is 29.6 Å². The molecule has 26 heavy (non-hydrogen) atoms. The van der Waals surface area contributed by atoms with Gasteiger partial charge in [-0.3, -0.25) is 4.74 Å². The molecule has 0 heterocycles. The van der Waals surface area contributed by atoms with E-state index < -0.39 is 12.5 Å². The number of aryl methyl sites for hydroxylation is 1. The van der Waals surface area contributed by atoms with Gasteiger partial charge in [-0.2, -0.15) is 0 Å². The molecule has 0 aliphatic heterocycles. The van der Waals surface area contributed by atoms with Crippen molar-refractivity contribution in [2.75, 3.05) is 0 Å². The highest BCUT2D eigenvalue weighted by Crippen LogP contribution is 2.52. The van der Waals surface area contributed by atoms with Crippen LogP contribution in [0.1, 0.15) is 69.1 Å². The highest BCUT2D eigenvalue weighted by atomic mass is 19.4. The van der Waals surface area contributed by atoms with Gasteiger partial charge in [0.2, 0.25) is 0 Å². The van der Waals surface area contributed by atoms with E-state index in [1.807, 2.05) is 24.3 Å². The van der Waals surface area contributed by atoms with Crippen molar-refractivity contribution >= 4 is 0 Å². The Morgan fingerprint density at radius 2 is 1.58 bits per heavy atom. The fourth-order valence-electron chi connectivity index (χ4n) is 6.07. The maximum Gasteiger partial charge on any atom is 0.523 e. The molecular weight excluding hydrogens is 337 g/mol. The maximum absolute atomic E-state index is 13.2. The molecule has 6 atom stereocenters. The van der Waals surface area contributed by atoms with E-state index in [1.165, 1.54) is 25.7 Å². The summed E-state index contributed by atoms with van der Waals surface area (Å²) in [7, 11) is 0. The second kappa shape index (κ2) is 7.18. The zero-order chi connectivity index (χ0) is 18.3. The molecule has 4 heteroatoms. The predicted octanol–water partition coefficient (Wildman–Crippen LogP) is 6.68. The minimum Gasteiger partial charge on any atom is -0.283 e. The lowest BCUT2D eigenvalue weighted by Gasteiger charge is -2.46. The van der Waals surface area contributed by atoms with Crippen LogP contribution in [0.15, 0.2) is 24.3 Å². The van der Waals surface area contributed by atoms with Gasteiger partial charge in [-0.05, 0) is 85.7 Å². The van der Waals surface area contributed by atoms with Crippen LogP contribution in [0.2, 0.25) is 0 Å². The topological polar surface area (TPSA) is 9.23 Å². The summed E-state index contributed by atoms with van der Waals surface area (Å²) in [6, 6.07) is 7.55. The van der Waals surface area contributed by atoms with Crippen LogP contribution in [0.5, 0.6) is 0 Å². The molecule has 1 aromatic rings. The second-order valence-electron chi connectivity index (χ2n) is 8.90. The number of ether oxygens (including phenoxy) is 1. The molecule has 144 valence electrons. The summed E-state index contributed by atoms with van der Waals surface area (Å²) in [4.78, 5) is 0. The van der Waals surface area contributed by atoms with Crippen LogP contribution in [-0.2, 0) is 11.2 Å². The summed E-state index contributed by atoms with van der Waals surface area (Å²) >= 11 is 0. The van der Waals surface area contributed by atoms with Gasteiger partial charge in [0.1, 0.15) is 0 Å². The van der Waals surface area contributed by atoms with Crippen molar-refractivity contribution in [3.8, 4) is 0 Å². The van der Waals surface area contributed by atoms with Gasteiger partial charge in [0.25, 0.3) is 0 Å². The van der Waals surface area contributed by atoms with Crippen LogP contribution >= 0.6 is 0 Å². The Balaban J connectivity index is 1.55. The highest BCUT2D eigenvalue weighted by Gasteiger charge is 2.45. The zero-order valence-electron chi connectivity index (χ0n) is 15.5. The van der Waals surface area contributed by atoms with E-state index in [0.29, 0.717) is 11.8 Å². The quantitative estimate of drug-likeness (QED) is 0.567. The van der Waals surface area contributed by atoms with Crippen LogP contribution in [-0.4, -0.2) is 6.36 Å². The minimum atomic E-state index is -4.58. The van der Waals surface area contributed by atoms with Crippen molar-refractivity contribution in [1.29, 1.82) is 0 Å². The van der Waals surface area contributed by atoms with Crippen LogP contribution in [0.25, 0.3) is 0 Å². The zero-order valence-corrected chi connectivity index (χ0v) is 15.5. The van der Waals surface area contributed by atoms with Gasteiger partial charge in [0.05, 0.1) is 6.10 Å². The molecule has 4 rings (SSSR count). The Hall–Kier alpha value is -1.03. The molecule has 0 bridgehead atoms. The van der Waals surface area contributed by atoms with Gasteiger partial charge in [0.15, 0.2) is 0 Å². The molecule has 1 nitrogen and oxygen atoms in total. The summed E-state index contributed by atoms with van der Waals surface area (Å²) in [5, 5.41) is 0. The van der Waals surface area contributed by atoms with Gasteiger partial charge < -0.3 is 0 Å². The summed E-state index contributed by atoms with van der Waals surface area (Å²) in [6.45, 7) is 2.34.